The van der Waals surface area contributed by atoms with Crippen molar-refractivity contribution in [2.75, 3.05) is 19.6 Å². The Balaban J connectivity index is 1.67. The van der Waals surface area contributed by atoms with Crippen molar-refractivity contribution in [1.82, 2.24) is 10.2 Å². The molecule has 0 aliphatic carbocycles. The summed E-state index contributed by atoms with van der Waals surface area (Å²) in [7, 11) is 0. The van der Waals surface area contributed by atoms with Crippen LogP contribution in [0, 0.1) is 5.92 Å². The van der Waals surface area contributed by atoms with E-state index in [-0.39, 0.29) is 23.7 Å². The molecule has 4 nitrogen and oxygen atoms in total. The molecule has 108 valence electrons. The first-order chi connectivity index (χ1) is 9.69. The average molecular weight is 292 g/mol. The first kappa shape index (κ1) is 13.8. The number of nitrogens with one attached hydrogen (secondary N) is 1. The van der Waals surface area contributed by atoms with Crippen LogP contribution in [-0.2, 0) is 11.2 Å². The van der Waals surface area contributed by atoms with Crippen molar-refractivity contribution in [1.29, 1.82) is 0 Å². The molecule has 2 saturated heterocycles. The minimum atomic E-state index is 0.0890. The molecule has 2 aliphatic heterocycles. The van der Waals surface area contributed by atoms with Crippen molar-refractivity contribution in [3.8, 4) is 0 Å². The van der Waals surface area contributed by atoms with E-state index in [1.807, 2.05) is 12.1 Å². The maximum atomic E-state index is 12.4. The molecule has 1 aromatic heterocycles. The molecule has 2 aliphatic rings. The molecule has 1 aromatic rings. The number of aryl methyl sites for hydroxylation is 1. The second kappa shape index (κ2) is 5.66. The number of hydrogen-bond acceptors (Lipinski definition) is 4. The monoisotopic (exact) mass is 292 g/mol. The maximum absolute atomic E-state index is 12.4. The highest BCUT2D eigenvalue weighted by molar-refractivity contribution is 7.14. The third-order valence-electron chi connectivity index (χ3n) is 4.35. The quantitative estimate of drug-likeness (QED) is 0.859. The number of likely N-dealkylation sites (tertiary alicyclic amines) is 1. The molecule has 0 radical (unpaired) electrons. The van der Waals surface area contributed by atoms with Crippen molar-refractivity contribution in [3.63, 3.8) is 0 Å². The van der Waals surface area contributed by atoms with Crippen LogP contribution in [-0.4, -0.2) is 42.3 Å². The lowest BCUT2D eigenvalue weighted by atomic mass is 9.91. The third kappa shape index (κ3) is 2.52. The van der Waals surface area contributed by atoms with Gasteiger partial charge in [0.1, 0.15) is 0 Å². The Kier molecular flexibility index (Phi) is 3.89. The normalized spacial score (nSPS) is 26.4. The molecule has 0 saturated carbocycles. The highest BCUT2D eigenvalue weighted by Crippen LogP contribution is 2.28. The lowest BCUT2D eigenvalue weighted by Gasteiger charge is -2.35. The summed E-state index contributed by atoms with van der Waals surface area (Å²) in [5, 5.41) is 2.93. The lowest BCUT2D eigenvalue weighted by molar-refractivity contribution is -0.124. The molecular formula is C15H20N2O2S. The molecule has 2 unspecified atom stereocenters. The van der Waals surface area contributed by atoms with Crippen LogP contribution in [0.2, 0.25) is 0 Å². The Morgan fingerprint density at radius 1 is 1.50 bits per heavy atom. The van der Waals surface area contributed by atoms with Crippen LogP contribution in [0.15, 0.2) is 12.1 Å². The van der Waals surface area contributed by atoms with E-state index in [0.717, 1.165) is 30.7 Å². The largest absolute Gasteiger partial charge is 0.354 e. The number of Topliss-reactive ketones (excluding diaryl/α,β-unsaturated/α-hetero) is 1. The van der Waals surface area contributed by atoms with Gasteiger partial charge in [-0.15, -0.1) is 11.3 Å². The number of carbonyl (C=O) groups is 2. The fourth-order valence-corrected chi connectivity index (χ4v) is 4.09. The van der Waals surface area contributed by atoms with Crippen LogP contribution in [0.1, 0.15) is 34.3 Å². The summed E-state index contributed by atoms with van der Waals surface area (Å²) < 4.78 is 0. The Morgan fingerprint density at radius 2 is 2.35 bits per heavy atom. The minimum absolute atomic E-state index is 0.0890. The van der Waals surface area contributed by atoms with Crippen LogP contribution in [0.4, 0.5) is 0 Å². The van der Waals surface area contributed by atoms with Crippen LogP contribution in [0.3, 0.4) is 0 Å². The van der Waals surface area contributed by atoms with Crippen molar-refractivity contribution >= 4 is 23.0 Å². The number of carbonyl (C=O) groups excluding carboxylic acids is 2. The zero-order valence-corrected chi connectivity index (χ0v) is 12.5. The van der Waals surface area contributed by atoms with Gasteiger partial charge in [-0.05, 0) is 37.9 Å². The predicted octanol–water partition coefficient (Wildman–Crippen LogP) is 1.70. The Bertz CT molecular complexity index is 526. The van der Waals surface area contributed by atoms with Crippen LogP contribution >= 0.6 is 11.3 Å². The van der Waals surface area contributed by atoms with Crippen LogP contribution < -0.4 is 5.32 Å². The van der Waals surface area contributed by atoms with Gasteiger partial charge in [0.15, 0.2) is 5.78 Å². The van der Waals surface area contributed by atoms with E-state index in [9.17, 15) is 9.59 Å². The molecule has 1 N–H and O–H groups in total. The molecule has 0 bridgehead atoms. The number of ketones is 1. The summed E-state index contributed by atoms with van der Waals surface area (Å²) in [6, 6.07) is 4.19. The van der Waals surface area contributed by atoms with Gasteiger partial charge in [0, 0.05) is 17.5 Å². The van der Waals surface area contributed by atoms with E-state index in [2.05, 4.69) is 17.1 Å². The van der Waals surface area contributed by atoms with Crippen molar-refractivity contribution in [2.24, 2.45) is 5.92 Å². The van der Waals surface area contributed by atoms with Gasteiger partial charge in [0.25, 0.3) is 0 Å². The smallest absolute Gasteiger partial charge is 0.224 e. The van der Waals surface area contributed by atoms with E-state index in [4.69, 9.17) is 0 Å². The van der Waals surface area contributed by atoms with Crippen molar-refractivity contribution < 1.29 is 9.59 Å². The molecule has 3 rings (SSSR count). The molecule has 0 spiro atoms. The number of rotatable bonds is 4. The van der Waals surface area contributed by atoms with Gasteiger partial charge >= 0.3 is 0 Å². The summed E-state index contributed by atoms with van der Waals surface area (Å²) in [5.41, 5.74) is 0. The van der Waals surface area contributed by atoms with Crippen molar-refractivity contribution in [3.05, 3.63) is 21.9 Å². The fourth-order valence-electron chi connectivity index (χ4n) is 3.22. The van der Waals surface area contributed by atoms with Gasteiger partial charge < -0.3 is 5.32 Å². The number of fused-ring (bicyclic) bond motifs is 1. The summed E-state index contributed by atoms with van der Waals surface area (Å²) in [6.07, 6.45) is 2.94. The highest BCUT2D eigenvalue weighted by atomic mass is 32.1. The van der Waals surface area contributed by atoms with Gasteiger partial charge in [-0.1, -0.05) is 6.92 Å². The second-order valence-electron chi connectivity index (χ2n) is 5.57. The zero-order valence-electron chi connectivity index (χ0n) is 11.7. The van der Waals surface area contributed by atoms with Gasteiger partial charge in [-0.3, -0.25) is 14.5 Å². The summed E-state index contributed by atoms with van der Waals surface area (Å²) in [5.74, 6) is 0.442. The molecule has 5 heteroatoms. The first-order valence-corrected chi connectivity index (χ1v) is 8.14. The Morgan fingerprint density at radius 3 is 3.10 bits per heavy atom. The highest BCUT2D eigenvalue weighted by Gasteiger charge is 2.41. The number of nitrogens with zero attached hydrogens (tertiary/aromatic N) is 1. The topological polar surface area (TPSA) is 49.4 Å². The zero-order chi connectivity index (χ0) is 14.1. The minimum Gasteiger partial charge on any atom is -0.354 e. The molecule has 1 amide bonds. The van der Waals surface area contributed by atoms with Crippen LogP contribution in [0.25, 0.3) is 0 Å². The molecule has 20 heavy (non-hydrogen) atoms. The predicted molar refractivity (Wildman–Crippen MR) is 79.1 cm³/mol. The second-order valence-corrected chi connectivity index (χ2v) is 6.74. The maximum Gasteiger partial charge on any atom is 0.224 e. The van der Waals surface area contributed by atoms with E-state index in [1.165, 1.54) is 4.88 Å². The van der Waals surface area contributed by atoms with Gasteiger partial charge in [-0.25, -0.2) is 0 Å². The SMILES string of the molecule is CCc1ccc(C(=O)CN2CCCC3C(=O)NCC32)s1. The molecule has 2 fully saturated rings. The summed E-state index contributed by atoms with van der Waals surface area (Å²) >= 11 is 1.60. The van der Waals surface area contributed by atoms with E-state index >= 15 is 0 Å². The number of piperidine rings is 1. The van der Waals surface area contributed by atoms with Gasteiger partial charge in [-0.2, -0.15) is 0 Å². The summed E-state index contributed by atoms with van der Waals surface area (Å²) in [6.45, 7) is 4.17. The van der Waals surface area contributed by atoms with Crippen LogP contribution in [0.5, 0.6) is 0 Å². The standard InChI is InChI=1S/C15H20N2O2S/c1-2-10-5-6-14(20-10)13(18)9-17-7-3-4-11-12(17)8-16-15(11)19/h5-6,11-12H,2-4,7-9H2,1H3,(H,16,19). The Labute approximate surface area is 123 Å². The number of hydrogen-bond donors (Lipinski definition) is 1. The molecule has 0 aromatic carbocycles. The van der Waals surface area contributed by atoms with Gasteiger partial charge in [0.2, 0.25) is 5.91 Å². The Hall–Kier alpha value is -1.20. The lowest BCUT2D eigenvalue weighted by Crippen LogP contribution is -2.47. The van der Waals surface area contributed by atoms with Crippen molar-refractivity contribution in [2.45, 2.75) is 32.2 Å². The van der Waals surface area contributed by atoms with E-state index in [1.54, 1.807) is 11.3 Å². The molecular weight excluding hydrogens is 272 g/mol. The van der Waals surface area contributed by atoms with Gasteiger partial charge in [0.05, 0.1) is 17.3 Å². The van der Waals surface area contributed by atoms with E-state index < -0.39 is 0 Å². The molecule has 2 atom stereocenters. The first-order valence-electron chi connectivity index (χ1n) is 7.32. The molecule has 3 heterocycles. The summed E-state index contributed by atoms with van der Waals surface area (Å²) in [4.78, 5) is 28.4. The average Bonchev–Trinajstić information content (AvgIpc) is 3.07. The third-order valence-corrected chi connectivity index (χ3v) is 5.62. The number of amides is 1. The number of thiophene rings is 1. The van der Waals surface area contributed by atoms with E-state index in [0.29, 0.717) is 13.1 Å². The fraction of sp³-hybridized carbons (Fsp3) is 0.600.